The van der Waals surface area contributed by atoms with Crippen molar-refractivity contribution in [2.45, 2.75) is 6.54 Å². The lowest BCUT2D eigenvalue weighted by atomic mass is 10.1. The summed E-state index contributed by atoms with van der Waals surface area (Å²) in [5.74, 6) is 0.691. The van der Waals surface area contributed by atoms with Crippen molar-refractivity contribution in [3.05, 3.63) is 82.0 Å². The predicted molar refractivity (Wildman–Crippen MR) is 123 cm³/mol. The molecular weight excluding hydrogens is 410 g/mol. The molecule has 1 aromatic heterocycles. The lowest BCUT2D eigenvalue weighted by Gasteiger charge is -2.34. The first kappa shape index (κ1) is 21.1. The minimum Gasteiger partial charge on any atom is -0.497 e. The number of hydrogen-bond acceptors (Lipinski definition) is 5. The van der Waals surface area contributed by atoms with E-state index in [0.29, 0.717) is 29.2 Å². The molecule has 1 fully saturated rings. The summed E-state index contributed by atoms with van der Waals surface area (Å²) in [5.41, 5.74) is 2.45. The van der Waals surface area contributed by atoms with Gasteiger partial charge in [0, 0.05) is 44.0 Å². The van der Waals surface area contributed by atoms with E-state index >= 15 is 0 Å². The number of rotatable bonds is 6. The molecule has 6 nitrogen and oxygen atoms in total. The van der Waals surface area contributed by atoms with Crippen LogP contribution in [0.2, 0.25) is 0 Å². The summed E-state index contributed by atoms with van der Waals surface area (Å²) in [6.45, 7) is 3.87. The molecule has 0 radical (unpaired) electrons. The van der Waals surface area contributed by atoms with Crippen molar-refractivity contribution in [3.63, 3.8) is 0 Å². The van der Waals surface area contributed by atoms with Gasteiger partial charge in [0.2, 0.25) is 0 Å². The molecule has 160 valence electrons. The van der Waals surface area contributed by atoms with Crippen LogP contribution in [0, 0.1) is 0 Å². The number of benzene rings is 2. The van der Waals surface area contributed by atoms with Gasteiger partial charge in [-0.3, -0.25) is 14.5 Å². The van der Waals surface area contributed by atoms with E-state index in [1.165, 1.54) is 16.9 Å². The van der Waals surface area contributed by atoms with Gasteiger partial charge in [-0.25, -0.2) is 0 Å². The van der Waals surface area contributed by atoms with Crippen molar-refractivity contribution in [3.8, 4) is 5.75 Å². The Hall–Kier alpha value is -3.16. The van der Waals surface area contributed by atoms with Crippen molar-refractivity contribution in [2.75, 3.05) is 38.6 Å². The lowest BCUT2D eigenvalue weighted by molar-refractivity contribution is 0.0628. The zero-order valence-electron chi connectivity index (χ0n) is 17.4. The third kappa shape index (κ3) is 5.31. The fourth-order valence-corrected chi connectivity index (χ4v) is 4.23. The summed E-state index contributed by atoms with van der Waals surface area (Å²) in [7, 11) is 1.67. The van der Waals surface area contributed by atoms with E-state index in [-0.39, 0.29) is 11.8 Å². The molecule has 1 aliphatic heterocycles. The number of amides is 2. The molecular formula is C24H25N3O3S. The van der Waals surface area contributed by atoms with Gasteiger partial charge in [-0.15, -0.1) is 11.3 Å². The summed E-state index contributed by atoms with van der Waals surface area (Å²) in [6.07, 6.45) is 0. The highest BCUT2D eigenvalue weighted by Crippen LogP contribution is 2.18. The molecule has 0 bridgehead atoms. The number of thiophene rings is 1. The van der Waals surface area contributed by atoms with E-state index in [1.807, 2.05) is 28.5 Å². The highest BCUT2D eigenvalue weighted by molar-refractivity contribution is 7.12. The van der Waals surface area contributed by atoms with Crippen LogP contribution in [-0.2, 0) is 6.54 Å². The van der Waals surface area contributed by atoms with Crippen LogP contribution in [-0.4, -0.2) is 54.9 Å². The quantitative estimate of drug-likeness (QED) is 0.637. The first-order valence-corrected chi connectivity index (χ1v) is 11.1. The number of ether oxygens (including phenoxy) is 1. The Kier molecular flexibility index (Phi) is 6.64. The molecule has 0 spiro atoms. The molecule has 31 heavy (non-hydrogen) atoms. The van der Waals surface area contributed by atoms with Gasteiger partial charge in [0.05, 0.1) is 12.0 Å². The first-order chi connectivity index (χ1) is 15.1. The van der Waals surface area contributed by atoms with E-state index in [4.69, 9.17) is 4.74 Å². The van der Waals surface area contributed by atoms with E-state index in [9.17, 15) is 9.59 Å². The molecule has 2 heterocycles. The summed E-state index contributed by atoms with van der Waals surface area (Å²) in [5, 5.41) is 4.73. The van der Waals surface area contributed by atoms with E-state index in [2.05, 4.69) is 22.3 Å². The van der Waals surface area contributed by atoms with Crippen LogP contribution in [0.4, 0.5) is 5.69 Å². The van der Waals surface area contributed by atoms with Crippen molar-refractivity contribution in [2.24, 2.45) is 0 Å². The third-order valence-corrected chi connectivity index (χ3v) is 6.21. The molecule has 2 amide bonds. The fraction of sp³-hybridized carbons (Fsp3) is 0.250. The topological polar surface area (TPSA) is 61.9 Å². The van der Waals surface area contributed by atoms with Gasteiger partial charge in [0.1, 0.15) is 5.75 Å². The Morgan fingerprint density at radius 3 is 2.45 bits per heavy atom. The van der Waals surface area contributed by atoms with Gasteiger partial charge < -0.3 is 15.0 Å². The largest absolute Gasteiger partial charge is 0.497 e. The average molecular weight is 436 g/mol. The van der Waals surface area contributed by atoms with Crippen molar-refractivity contribution in [1.82, 2.24) is 9.80 Å². The van der Waals surface area contributed by atoms with Crippen LogP contribution >= 0.6 is 11.3 Å². The number of carbonyl (C=O) groups is 2. The van der Waals surface area contributed by atoms with Gasteiger partial charge in [0.15, 0.2) is 0 Å². The molecule has 4 rings (SSSR count). The average Bonchev–Trinajstić information content (AvgIpc) is 3.35. The number of carbonyl (C=O) groups excluding carboxylic acids is 2. The van der Waals surface area contributed by atoms with Gasteiger partial charge in [-0.05, 0) is 47.3 Å². The number of anilines is 1. The van der Waals surface area contributed by atoms with Crippen LogP contribution in [0.3, 0.4) is 0 Å². The smallest absolute Gasteiger partial charge is 0.265 e. The molecule has 0 atom stereocenters. The standard InChI is InChI=1S/C24H25N3O3S/c1-30-21-9-7-18(8-10-21)17-26-11-13-27(14-12-26)24(29)19-4-2-5-20(16-19)25-23(28)22-6-3-15-31-22/h2-10,15-16H,11-14,17H2,1H3,(H,25,28). The SMILES string of the molecule is COc1ccc(CN2CCN(C(=O)c3cccc(NC(=O)c4cccs4)c3)CC2)cc1. The Morgan fingerprint density at radius 1 is 1.00 bits per heavy atom. The van der Waals surface area contributed by atoms with Crippen LogP contribution in [0.25, 0.3) is 0 Å². The van der Waals surface area contributed by atoms with Gasteiger partial charge >= 0.3 is 0 Å². The number of methoxy groups -OCH3 is 1. The maximum Gasteiger partial charge on any atom is 0.265 e. The number of piperazine rings is 1. The molecule has 0 unspecified atom stereocenters. The monoisotopic (exact) mass is 435 g/mol. The fourth-order valence-electron chi connectivity index (χ4n) is 3.61. The Morgan fingerprint density at radius 2 is 1.77 bits per heavy atom. The maximum atomic E-state index is 13.0. The molecule has 1 saturated heterocycles. The molecule has 0 aliphatic carbocycles. The van der Waals surface area contributed by atoms with Crippen LogP contribution in [0.15, 0.2) is 66.0 Å². The zero-order valence-corrected chi connectivity index (χ0v) is 18.2. The first-order valence-electron chi connectivity index (χ1n) is 10.2. The Bertz CT molecular complexity index is 1030. The minimum absolute atomic E-state index is 0.00341. The third-order valence-electron chi connectivity index (χ3n) is 5.34. The van der Waals surface area contributed by atoms with Crippen LogP contribution in [0.1, 0.15) is 25.6 Å². The summed E-state index contributed by atoms with van der Waals surface area (Å²) < 4.78 is 5.21. The van der Waals surface area contributed by atoms with Gasteiger partial charge in [-0.1, -0.05) is 24.3 Å². The van der Waals surface area contributed by atoms with Gasteiger partial charge in [-0.2, -0.15) is 0 Å². The highest BCUT2D eigenvalue weighted by Gasteiger charge is 2.22. The molecule has 0 saturated carbocycles. The number of hydrogen-bond donors (Lipinski definition) is 1. The van der Waals surface area contributed by atoms with Crippen molar-refractivity contribution in [1.29, 1.82) is 0 Å². The van der Waals surface area contributed by atoms with Gasteiger partial charge in [0.25, 0.3) is 11.8 Å². The Balaban J connectivity index is 1.32. The minimum atomic E-state index is -0.160. The molecule has 2 aromatic carbocycles. The van der Waals surface area contributed by atoms with Crippen molar-refractivity contribution < 1.29 is 14.3 Å². The van der Waals surface area contributed by atoms with E-state index in [0.717, 1.165) is 25.4 Å². The summed E-state index contributed by atoms with van der Waals surface area (Å²) in [4.78, 5) is 30.1. The number of nitrogens with one attached hydrogen (secondary N) is 1. The highest BCUT2D eigenvalue weighted by atomic mass is 32.1. The van der Waals surface area contributed by atoms with Crippen molar-refractivity contribution >= 4 is 28.8 Å². The predicted octanol–water partition coefficient (Wildman–Crippen LogP) is 3.97. The summed E-state index contributed by atoms with van der Waals surface area (Å²) >= 11 is 1.39. The van der Waals surface area contributed by atoms with Crippen LogP contribution in [0.5, 0.6) is 5.75 Å². The second-order valence-electron chi connectivity index (χ2n) is 7.43. The lowest BCUT2D eigenvalue weighted by Crippen LogP contribution is -2.48. The zero-order chi connectivity index (χ0) is 21.6. The summed E-state index contributed by atoms with van der Waals surface area (Å²) in [6, 6.07) is 18.9. The second-order valence-corrected chi connectivity index (χ2v) is 8.38. The van der Waals surface area contributed by atoms with Crippen LogP contribution < -0.4 is 10.1 Å². The maximum absolute atomic E-state index is 13.0. The van der Waals surface area contributed by atoms with E-state index in [1.54, 1.807) is 37.4 Å². The molecule has 3 aromatic rings. The number of nitrogens with zero attached hydrogens (tertiary/aromatic N) is 2. The van der Waals surface area contributed by atoms with E-state index < -0.39 is 0 Å². The second kappa shape index (κ2) is 9.76. The molecule has 7 heteroatoms. The molecule has 1 N–H and O–H groups in total. The Labute approximate surface area is 186 Å². The normalized spacial score (nSPS) is 14.3. The molecule has 1 aliphatic rings.